The maximum absolute atomic E-state index is 10.1. The molecule has 0 saturated heterocycles. The number of phenolic OH excluding ortho intramolecular Hbond substituents is 1. The maximum Gasteiger partial charge on any atom is 0.146 e. The molecule has 0 heterocycles. The molecule has 0 spiro atoms. The standard InChI is InChI=1S/C16H13Br5O2/c1-16(2,8-3-5-9(6-4-8)23-7-17)10-11(18)13(20)15(22)14(21)12(10)19/h3-6,22H,7H2,1-2H3. The summed E-state index contributed by atoms with van der Waals surface area (Å²) in [6.07, 6.45) is 0. The average Bonchev–Trinajstić information content (AvgIpc) is 2.52. The summed E-state index contributed by atoms with van der Waals surface area (Å²) in [5.41, 5.74) is 2.32. The number of hydrogen-bond donors (Lipinski definition) is 1. The lowest BCUT2D eigenvalue weighted by Crippen LogP contribution is -2.20. The third-order valence-corrected chi connectivity index (χ3v) is 8.09. The molecule has 0 radical (unpaired) electrons. The van der Waals surface area contributed by atoms with Crippen LogP contribution in [0.2, 0.25) is 0 Å². The van der Waals surface area contributed by atoms with Gasteiger partial charge in [-0.2, -0.15) is 0 Å². The summed E-state index contributed by atoms with van der Waals surface area (Å²) in [4.78, 5) is 0. The zero-order chi connectivity index (χ0) is 17.4. The number of hydrogen-bond acceptors (Lipinski definition) is 2. The fourth-order valence-electron chi connectivity index (χ4n) is 2.34. The summed E-state index contributed by atoms with van der Waals surface area (Å²) < 4.78 is 8.30. The Kier molecular flexibility index (Phi) is 6.67. The van der Waals surface area contributed by atoms with E-state index >= 15 is 0 Å². The Morgan fingerprint density at radius 1 is 0.913 bits per heavy atom. The normalized spacial score (nSPS) is 11.6. The van der Waals surface area contributed by atoms with E-state index in [4.69, 9.17) is 4.74 Å². The third kappa shape index (κ3) is 3.84. The van der Waals surface area contributed by atoms with Gasteiger partial charge >= 0.3 is 0 Å². The predicted octanol–water partition coefficient (Wildman–Crippen LogP) is 7.50. The van der Waals surface area contributed by atoms with Crippen molar-refractivity contribution in [3.63, 3.8) is 0 Å². The van der Waals surface area contributed by atoms with Crippen LogP contribution in [0.5, 0.6) is 11.5 Å². The average molecular weight is 637 g/mol. The molecule has 0 aliphatic heterocycles. The number of halogens is 5. The third-order valence-electron chi connectivity index (χ3n) is 3.66. The van der Waals surface area contributed by atoms with Crippen LogP contribution in [0, 0.1) is 0 Å². The molecule has 0 aliphatic rings. The van der Waals surface area contributed by atoms with Crippen LogP contribution in [0.4, 0.5) is 0 Å². The minimum Gasteiger partial charge on any atom is -0.505 e. The van der Waals surface area contributed by atoms with Crippen LogP contribution < -0.4 is 4.74 Å². The number of alkyl halides is 1. The molecule has 2 aromatic carbocycles. The Balaban J connectivity index is 2.60. The van der Waals surface area contributed by atoms with Gasteiger partial charge in [0.1, 0.15) is 17.0 Å². The van der Waals surface area contributed by atoms with Crippen molar-refractivity contribution in [1.29, 1.82) is 0 Å². The second-order valence-electron chi connectivity index (χ2n) is 5.38. The summed E-state index contributed by atoms with van der Waals surface area (Å²) in [6.45, 7) is 4.27. The van der Waals surface area contributed by atoms with Gasteiger partial charge in [0.15, 0.2) is 0 Å². The Bertz CT molecular complexity index is 697. The molecule has 7 heteroatoms. The molecule has 0 bridgehead atoms. The van der Waals surface area contributed by atoms with Crippen molar-refractivity contribution in [2.75, 3.05) is 5.52 Å². The molecule has 0 unspecified atom stereocenters. The van der Waals surface area contributed by atoms with E-state index in [1.165, 1.54) is 0 Å². The zero-order valence-corrected chi connectivity index (χ0v) is 20.2. The van der Waals surface area contributed by atoms with E-state index in [1.54, 1.807) is 0 Å². The summed E-state index contributed by atoms with van der Waals surface area (Å²) in [5, 5.41) is 10.1. The molecular formula is C16H13Br5O2. The molecule has 2 nitrogen and oxygen atoms in total. The van der Waals surface area contributed by atoms with E-state index in [9.17, 15) is 5.11 Å². The van der Waals surface area contributed by atoms with Crippen molar-refractivity contribution < 1.29 is 9.84 Å². The van der Waals surface area contributed by atoms with Crippen LogP contribution in [0.3, 0.4) is 0 Å². The molecule has 23 heavy (non-hydrogen) atoms. The summed E-state index contributed by atoms with van der Waals surface area (Å²) in [6, 6.07) is 7.99. The molecule has 2 aromatic rings. The first-order chi connectivity index (χ1) is 10.7. The van der Waals surface area contributed by atoms with E-state index in [-0.39, 0.29) is 11.2 Å². The van der Waals surface area contributed by atoms with E-state index in [0.717, 1.165) is 25.8 Å². The van der Waals surface area contributed by atoms with Crippen LogP contribution in [0.15, 0.2) is 42.2 Å². The molecule has 124 valence electrons. The predicted molar refractivity (Wildman–Crippen MR) is 112 cm³/mol. The lowest BCUT2D eigenvalue weighted by molar-refractivity contribution is 0.397. The van der Waals surface area contributed by atoms with Gasteiger partial charge in [-0.25, -0.2) is 0 Å². The van der Waals surface area contributed by atoms with Crippen LogP contribution in [-0.2, 0) is 5.41 Å². The largest absolute Gasteiger partial charge is 0.505 e. The smallest absolute Gasteiger partial charge is 0.146 e. The second-order valence-corrected chi connectivity index (χ2v) is 9.01. The Morgan fingerprint density at radius 2 is 1.39 bits per heavy atom. The quantitative estimate of drug-likeness (QED) is 0.278. The van der Waals surface area contributed by atoms with Crippen molar-refractivity contribution in [1.82, 2.24) is 0 Å². The van der Waals surface area contributed by atoms with Gasteiger partial charge in [0.2, 0.25) is 0 Å². The number of rotatable bonds is 4. The number of benzene rings is 2. The minimum absolute atomic E-state index is 0.157. The van der Waals surface area contributed by atoms with Gasteiger partial charge in [0, 0.05) is 14.4 Å². The fourth-order valence-corrected chi connectivity index (χ4v) is 5.70. The van der Waals surface area contributed by atoms with E-state index in [2.05, 4.69) is 93.5 Å². The number of aromatic hydroxyl groups is 1. The summed E-state index contributed by atoms with van der Waals surface area (Å²) in [7, 11) is 0. The highest BCUT2D eigenvalue weighted by Crippen LogP contribution is 2.51. The van der Waals surface area contributed by atoms with Crippen LogP contribution >= 0.6 is 79.6 Å². The van der Waals surface area contributed by atoms with Crippen LogP contribution in [-0.4, -0.2) is 10.6 Å². The first kappa shape index (κ1) is 19.8. The van der Waals surface area contributed by atoms with Gasteiger partial charge in [-0.15, -0.1) is 0 Å². The SMILES string of the molecule is CC(C)(c1ccc(OCBr)cc1)c1c(Br)c(Br)c(O)c(Br)c1Br. The monoisotopic (exact) mass is 632 g/mol. The highest BCUT2D eigenvalue weighted by molar-refractivity contribution is 9.14. The van der Waals surface area contributed by atoms with Crippen molar-refractivity contribution in [2.45, 2.75) is 19.3 Å². The number of ether oxygens (including phenoxy) is 1. The molecule has 0 aromatic heterocycles. The van der Waals surface area contributed by atoms with Gasteiger partial charge in [-0.1, -0.05) is 26.0 Å². The van der Waals surface area contributed by atoms with Crippen molar-refractivity contribution in [2.24, 2.45) is 0 Å². The zero-order valence-electron chi connectivity index (χ0n) is 12.3. The molecular weight excluding hydrogens is 624 g/mol. The van der Waals surface area contributed by atoms with Gasteiger partial charge < -0.3 is 9.84 Å². The summed E-state index contributed by atoms with van der Waals surface area (Å²) >= 11 is 17.3. The highest BCUT2D eigenvalue weighted by atomic mass is 79.9. The summed E-state index contributed by atoms with van der Waals surface area (Å²) in [5.74, 6) is 0.969. The van der Waals surface area contributed by atoms with Crippen LogP contribution in [0.25, 0.3) is 0 Å². The first-order valence-corrected chi connectivity index (χ1v) is 10.9. The van der Waals surface area contributed by atoms with E-state index < -0.39 is 0 Å². The molecule has 0 amide bonds. The maximum atomic E-state index is 10.1. The molecule has 1 N–H and O–H groups in total. The van der Waals surface area contributed by atoms with Crippen molar-refractivity contribution in [3.05, 3.63) is 53.3 Å². The molecule has 0 fully saturated rings. The molecule has 0 atom stereocenters. The Morgan fingerprint density at radius 3 is 1.83 bits per heavy atom. The van der Waals surface area contributed by atoms with Gasteiger partial charge in [-0.05, 0) is 103 Å². The second kappa shape index (κ2) is 7.77. The van der Waals surface area contributed by atoms with Gasteiger partial charge in [-0.3, -0.25) is 0 Å². The minimum atomic E-state index is -0.302. The molecule has 0 aliphatic carbocycles. The molecule has 0 saturated carbocycles. The highest BCUT2D eigenvalue weighted by Gasteiger charge is 2.31. The van der Waals surface area contributed by atoms with Gasteiger partial charge in [0.05, 0.1) is 8.95 Å². The lowest BCUT2D eigenvalue weighted by Gasteiger charge is -2.30. The van der Waals surface area contributed by atoms with Gasteiger partial charge in [0.25, 0.3) is 0 Å². The van der Waals surface area contributed by atoms with Crippen molar-refractivity contribution in [3.8, 4) is 11.5 Å². The Hall–Kier alpha value is 0.440. The molecule has 2 rings (SSSR count). The topological polar surface area (TPSA) is 29.5 Å². The van der Waals surface area contributed by atoms with E-state index in [0.29, 0.717) is 14.5 Å². The Labute approximate surface area is 177 Å². The lowest BCUT2D eigenvalue weighted by atomic mass is 9.78. The number of phenols is 1. The first-order valence-electron chi connectivity index (χ1n) is 6.56. The fraction of sp³-hybridized carbons (Fsp3) is 0.250. The van der Waals surface area contributed by atoms with E-state index in [1.807, 2.05) is 24.3 Å². The van der Waals surface area contributed by atoms with Crippen molar-refractivity contribution >= 4 is 79.6 Å². The van der Waals surface area contributed by atoms with Crippen LogP contribution in [0.1, 0.15) is 25.0 Å².